The van der Waals surface area contributed by atoms with Crippen LogP contribution in [-0.2, 0) is 11.4 Å². The number of aryl methyl sites for hydroxylation is 2. The smallest absolute Gasteiger partial charge is 0.266 e. The zero-order valence-electron chi connectivity index (χ0n) is 17.1. The Kier molecular flexibility index (Phi) is 7.72. The Morgan fingerprint density at radius 2 is 1.97 bits per heavy atom. The van der Waals surface area contributed by atoms with Crippen molar-refractivity contribution in [3.05, 3.63) is 97.1 Å². The molecule has 31 heavy (non-hydrogen) atoms. The fraction of sp³-hybridized carbons (Fsp3) is 0.120. The predicted octanol–water partition coefficient (Wildman–Crippen LogP) is 6.69. The Morgan fingerprint density at radius 1 is 1.16 bits per heavy atom. The molecule has 0 aliphatic rings. The van der Waals surface area contributed by atoms with Gasteiger partial charge in [-0.15, -0.1) is 0 Å². The van der Waals surface area contributed by atoms with Gasteiger partial charge in [0, 0.05) is 10.7 Å². The maximum absolute atomic E-state index is 12.6. The first kappa shape index (κ1) is 22.9. The standard InChI is InChI=1S/C25H20ClIN2O2/c1-16-4-3-5-19(10-16)15-31-24-9-7-18(12-22(24)27)11-20(14-28)25(30)29-23-13-21(26)8-6-17(23)2/h3-13H,15H2,1-2H3,(H,29,30)/b20-11+. The van der Waals surface area contributed by atoms with Crippen LogP contribution in [0.4, 0.5) is 5.69 Å². The lowest BCUT2D eigenvalue weighted by atomic mass is 10.1. The lowest BCUT2D eigenvalue weighted by Gasteiger charge is -2.10. The van der Waals surface area contributed by atoms with Crippen LogP contribution in [0.1, 0.15) is 22.3 Å². The van der Waals surface area contributed by atoms with Crippen molar-refractivity contribution in [1.29, 1.82) is 5.26 Å². The van der Waals surface area contributed by atoms with Crippen molar-refractivity contribution in [2.24, 2.45) is 0 Å². The molecule has 3 aromatic rings. The molecular formula is C25H20ClIN2O2. The number of ether oxygens (including phenoxy) is 1. The van der Waals surface area contributed by atoms with Crippen LogP contribution < -0.4 is 10.1 Å². The van der Waals surface area contributed by atoms with Gasteiger partial charge in [-0.1, -0.05) is 53.6 Å². The fourth-order valence-electron chi connectivity index (χ4n) is 2.92. The second-order valence-corrected chi connectivity index (χ2v) is 8.65. The molecule has 1 amide bonds. The molecule has 0 fully saturated rings. The molecule has 0 aliphatic carbocycles. The maximum Gasteiger partial charge on any atom is 0.266 e. The molecule has 4 nitrogen and oxygen atoms in total. The lowest BCUT2D eigenvalue weighted by Crippen LogP contribution is -2.14. The van der Waals surface area contributed by atoms with E-state index in [4.69, 9.17) is 16.3 Å². The number of hydrogen-bond acceptors (Lipinski definition) is 3. The van der Waals surface area contributed by atoms with E-state index < -0.39 is 5.91 Å². The van der Waals surface area contributed by atoms with Crippen LogP contribution in [0.3, 0.4) is 0 Å². The number of hydrogen-bond donors (Lipinski definition) is 1. The topological polar surface area (TPSA) is 62.1 Å². The first-order valence-corrected chi connectivity index (χ1v) is 11.0. The summed E-state index contributed by atoms with van der Waals surface area (Å²) in [5.74, 6) is 0.263. The number of carbonyl (C=O) groups is 1. The molecule has 0 spiro atoms. The molecular weight excluding hydrogens is 523 g/mol. The molecule has 6 heteroatoms. The molecule has 0 saturated heterocycles. The molecule has 156 valence electrons. The molecule has 0 heterocycles. The van der Waals surface area contributed by atoms with Gasteiger partial charge in [-0.05, 0) is 83.5 Å². The Balaban J connectivity index is 1.73. The van der Waals surface area contributed by atoms with E-state index in [2.05, 4.69) is 34.0 Å². The van der Waals surface area contributed by atoms with Gasteiger partial charge in [-0.3, -0.25) is 4.79 Å². The van der Waals surface area contributed by atoms with Gasteiger partial charge >= 0.3 is 0 Å². The first-order valence-electron chi connectivity index (χ1n) is 9.53. The number of nitriles is 1. The number of carbonyl (C=O) groups excluding carboxylic acids is 1. The number of anilines is 1. The lowest BCUT2D eigenvalue weighted by molar-refractivity contribution is -0.112. The van der Waals surface area contributed by atoms with Crippen LogP contribution in [-0.4, -0.2) is 5.91 Å². The van der Waals surface area contributed by atoms with Gasteiger partial charge in [-0.2, -0.15) is 5.26 Å². The number of nitrogens with one attached hydrogen (secondary N) is 1. The van der Waals surface area contributed by atoms with Crippen molar-refractivity contribution in [2.75, 3.05) is 5.32 Å². The highest BCUT2D eigenvalue weighted by atomic mass is 127. The van der Waals surface area contributed by atoms with E-state index in [1.807, 2.05) is 62.4 Å². The third-order valence-corrected chi connectivity index (χ3v) is 5.63. The molecule has 0 atom stereocenters. The Morgan fingerprint density at radius 3 is 2.68 bits per heavy atom. The van der Waals surface area contributed by atoms with Gasteiger partial charge in [0.1, 0.15) is 24.0 Å². The molecule has 3 aromatic carbocycles. The SMILES string of the molecule is Cc1cccc(COc2ccc(/C=C(\C#N)C(=O)Nc3cc(Cl)ccc3C)cc2I)c1. The van der Waals surface area contributed by atoms with Gasteiger partial charge in [0.15, 0.2) is 0 Å². The van der Waals surface area contributed by atoms with Crippen LogP contribution in [0, 0.1) is 28.7 Å². The number of nitrogens with zero attached hydrogens (tertiary/aromatic N) is 1. The maximum atomic E-state index is 12.6. The minimum Gasteiger partial charge on any atom is -0.488 e. The summed E-state index contributed by atoms with van der Waals surface area (Å²) < 4.78 is 6.82. The summed E-state index contributed by atoms with van der Waals surface area (Å²) in [7, 11) is 0. The summed E-state index contributed by atoms with van der Waals surface area (Å²) in [6.07, 6.45) is 1.56. The molecule has 0 bridgehead atoms. The van der Waals surface area contributed by atoms with Crippen LogP contribution in [0.5, 0.6) is 5.75 Å². The fourth-order valence-corrected chi connectivity index (χ4v) is 3.79. The van der Waals surface area contributed by atoms with Crippen LogP contribution in [0.15, 0.2) is 66.2 Å². The number of benzene rings is 3. The van der Waals surface area contributed by atoms with E-state index in [0.717, 1.165) is 26.0 Å². The Labute approximate surface area is 200 Å². The average Bonchev–Trinajstić information content (AvgIpc) is 2.74. The molecule has 1 N–H and O–H groups in total. The van der Waals surface area contributed by atoms with E-state index in [9.17, 15) is 10.1 Å². The molecule has 0 aromatic heterocycles. The van der Waals surface area contributed by atoms with Crippen molar-refractivity contribution in [3.63, 3.8) is 0 Å². The quantitative estimate of drug-likeness (QED) is 0.215. The van der Waals surface area contributed by atoms with Crippen LogP contribution in [0.25, 0.3) is 6.08 Å². The van der Waals surface area contributed by atoms with Crippen LogP contribution in [0.2, 0.25) is 5.02 Å². The zero-order valence-corrected chi connectivity index (χ0v) is 20.0. The van der Waals surface area contributed by atoms with Gasteiger partial charge in [0.2, 0.25) is 0 Å². The van der Waals surface area contributed by atoms with E-state index in [0.29, 0.717) is 17.3 Å². The van der Waals surface area contributed by atoms with Crippen molar-refractivity contribution >= 4 is 51.9 Å². The van der Waals surface area contributed by atoms with Gasteiger partial charge in [0.05, 0.1) is 3.57 Å². The van der Waals surface area contributed by atoms with E-state index in [-0.39, 0.29) is 5.57 Å². The summed E-state index contributed by atoms with van der Waals surface area (Å²) >= 11 is 8.19. The van der Waals surface area contributed by atoms with E-state index in [1.54, 1.807) is 18.2 Å². The van der Waals surface area contributed by atoms with Crippen molar-refractivity contribution < 1.29 is 9.53 Å². The van der Waals surface area contributed by atoms with Gasteiger partial charge < -0.3 is 10.1 Å². The average molecular weight is 543 g/mol. The zero-order chi connectivity index (χ0) is 22.4. The molecule has 0 aliphatic heterocycles. The summed E-state index contributed by atoms with van der Waals surface area (Å²) in [5, 5.41) is 12.7. The number of halogens is 2. The number of amides is 1. The van der Waals surface area contributed by atoms with Crippen molar-refractivity contribution in [3.8, 4) is 11.8 Å². The highest BCUT2D eigenvalue weighted by molar-refractivity contribution is 14.1. The van der Waals surface area contributed by atoms with Crippen molar-refractivity contribution in [1.82, 2.24) is 0 Å². The number of rotatable bonds is 6. The van der Waals surface area contributed by atoms with Gasteiger partial charge in [-0.25, -0.2) is 0 Å². The largest absolute Gasteiger partial charge is 0.488 e. The molecule has 3 rings (SSSR count). The Hall–Kier alpha value is -2.82. The highest BCUT2D eigenvalue weighted by Gasteiger charge is 2.12. The summed E-state index contributed by atoms with van der Waals surface area (Å²) in [5.41, 5.74) is 4.46. The summed E-state index contributed by atoms with van der Waals surface area (Å²) in [6, 6.07) is 20.9. The molecule has 0 unspecified atom stereocenters. The molecule has 0 radical (unpaired) electrons. The Bertz CT molecular complexity index is 1200. The summed E-state index contributed by atoms with van der Waals surface area (Å²) in [6.45, 7) is 4.38. The summed E-state index contributed by atoms with van der Waals surface area (Å²) in [4.78, 5) is 12.6. The van der Waals surface area contributed by atoms with Crippen LogP contribution >= 0.6 is 34.2 Å². The normalized spacial score (nSPS) is 11.0. The van der Waals surface area contributed by atoms with E-state index >= 15 is 0 Å². The molecule has 0 saturated carbocycles. The van der Waals surface area contributed by atoms with Gasteiger partial charge in [0.25, 0.3) is 5.91 Å². The monoisotopic (exact) mass is 542 g/mol. The minimum absolute atomic E-state index is 0.00334. The third kappa shape index (κ3) is 6.33. The minimum atomic E-state index is -0.484. The predicted molar refractivity (Wildman–Crippen MR) is 133 cm³/mol. The first-order chi connectivity index (χ1) is 14.9. The van der Waals surface area contributed by atoms with E-state index in [1.165, 1.54) is 5.56 Å². The second kappa shape index (κ2) is 10.5. The highest BCUT2D eigenvalue weighted by Crippen LogP contribution is 2.25. The van der Waals surface area contributed by atoms with Crippen molar-refractivity contribution in [2.45, 2.75) is 20.5 Å². The third-order valence-electron chi connectivity index (χ3n) is 4.56. The second-order valence-electron chi connectivity index (χ2n) is 7.05.